The Kier molecular flexibility index (Phi) is 4.93. The van der Waals surface area contributed by atoms with Crippen LogP contribution in [0.2, 0.25) is 0 Å². The van der Waals surface area contributed by atoms with Crippen LogP contribution in [0.15, 0.2) is 24.4 Å². The van der Waals surface area contributed by atoms with Gasteiger partial charge in [0.05, 0.1) is 0 Å². The number of carbonyl (C=O) groups excluding carboxylic acids is 1. The van der Waals surface area contributed by atoms with Crippen LogP contribution in [0.1, 0.15) is 44.9 Å². The molecule has 1 aromatic rings. The first-order chi connectivity index (χ1) is 12.2. The van der Waals surface area contributed by atoms with Crippen molar-refractivity contribution >= 4 is 11.7 Å². The van der Waals surface area contributed by atoms with E-state index >= 15 is 0 Å². The predicted octanol–water partition coefficient (Wildman–Crippen LogP) is 2.32. The summed E-state index contributed by atoms with van der Waals surface area (Å²) in [5, 5.41) is 3.34. The number of hydrogen-bond donors (Lipinski definition) is 2. The van der Waals surface area contributed by atoms with Gasteiger partial charge in [-0.05, 0) is 62.5 Å². The molecule has 2 bridgehead atoms. The number of aromatic nitrogens is 1. The molecule has 5 heteroatoms. The van der Waals surface area contributed by atoms with Crippen molar-refractivity contribution in [2.75, 3.05) is 18.0 Å². The molecule has 5 nitrogen and oxygen atoms in total. The number of anilines is 1. The minimum Gasteiger partial charge on any atom is -0.356 e. The molecule has 3 N–H and O–H groups in total. The summed E-state index contributed by atoms with van der Waals surface area (Å²) in [5.74, 6) is 2.63. The van der Waals surface area contributed by atoms with Gasteiger partial charge >= 0.3 is 0 Å². The zero-order valence-electron chi connectivity index (χ0n) is 14.9. The molecule has 0 spiro atoms. The van der Waals surface area contributed by atoms with E-state index < -0.39 is 0 Å². The molecule has 3 aliphatic rings. The minimum absolute atomic E-state index is 0.184. The van der Waals surface area contributed by atoms with Crippen LogP contribution in [0, 0.1) is 17.8 Å². The number of piperidine rings is 1. The summed E-state index contributed by atoms with van der Waals surface area (Å²) in [6, 6.07) is 6.67. The molecule has 0 radical (unpaired) electrons. The molecule has 2 atom stereocenters. The van der Waals surface area contributed by atoms with Crippen molar-refractivity contribution in [3.8, 4) is 0 Å². The summed E-state index contributed by atoms with van der Waals surface area (Å²) in [6.45, 7) is 1.92. The lowest BCUT2D eigenvalue weighted by Gasteiger charge is -2.44. The van der Waals surface area contributed by atoms with Crippen LogP contribution in [0.4, 0.5) is 5.82 Å². The van der Waals surface area contributed by atoms with Crippen LogP contribution in [-0.4, -0.2) is 36.1 Å². The number of pyridine rings is 1. The SMILES string of the molecule is NC1C2CCCC1CC(C(=O)NC1CCN(c3ccccn3)CC1)C2. The zero-order valence-corrected chi connectivity index (χ0v) is 14.9. The van der Waals surface area contributed by atoms with Crippen molar-refractivity contribution in [3.63, 3.8) is 0 Å². The van der Waals surface area contributed by atoms with E-state index in [-0.39, 0.29) is 11.8 Å². The Hall–Kier alpha value is -1.62. The summed E-state index contributed by atoms with van der Waals surface area (Å²) in [7, 11) is 0. The molecule has 136 valence electrons. The molecular formula is C20H30N4O. The standard InChI is InChI=1S/C20H30N4O/c21-19-14-4-3-5-15(19)13-16(12-14)20(25)23-17-7-10-24(11-8-17)18-6-1-2-9-22-18/h1-2,6,9,14-17,19H,3-5,7-8,10-13,21H2,(H,23,25). The Labute approximate surface area is 150 Å². The topological polar surface area (TPSA) is 71.2 Å². The summed E-state index contributed by atoms with van der Waals surface area (Å²) >= 11 is 0. The summed E-state index contributed by atoms with van der Waals surface area (Å²) in [4.78, 5) is 19.5. The highest BCUT2D eigenvalue weighted by Crippen LogP contribution is 2.42. The van der Waals surface area contributed by atoms with Crippen LogP contribution in [0.5, 0.6) is 0 Å². The zero-order chi connectivity index (χ0) is 17.2. The van der Waals surface area contributed by atoms with Crippen molar-refractivity contribution in [1.82, 2.24) is 10.3 Å². The van der Waals surface area contributed by atoms with E-state index in [1.807, 2.05) is 18.3 Å². The number of hydrogen-bond acceptors (Lipinski definition) is 4. The van der Waals surface area contributed by atoms with Gasteiger partial charge in [0.25, 0.3) is 0 Å². The molecule has 4 rings (SSSR count). The lowest BCUT2D eigenvalue weighted by Crippen LogP contribution is -2.51. The first-order valence-corrected chi connectivity index (χ1v) is 9.92. The number of amides is 1. The van der Waals surface area contributed by atoms with Crippen molar-refractivity contribution < 1.29 is 4.79 Å². The minimum atomic E-state index is 0.184. The smallest absolute Gasteiger partial charge is 0.223 e. The molecule has 2 aliphatic carbocycles. The Morgan fingerprint density at radius 3 is 2.48 bits per heavy atom. The number of nitrogens with one attached hydrogen (secondary N) is 1. The maximum atomic E-state index is 12.8. The maximum absolute atomic E-state index is 12.8. The van der Waals surface area contributed by atoms with Crippen molar-refractivity contribution in [2.24, 2.45) is 23.5 Å². The van der Waals surface area contributed by atoms with Crippen molar-refractivity contribution in [2.45, 2.75) is 57.0 Å². The highest BCUT2D eigenvalue weighted by Gasteiger charge is 2.40. The molecular weight excluding hydrogens is 312 g/mol. The van der Waals surface area contributed by atoms with Crippen LogP contribution in [0.25, 0.3) is 0 Å². The number of fused-ring (bicyclic) bond motifs is 2. The molecule has 0 aromatic carbocycles. The molecule has 1 aromatic heterocycles. The Bertz CT molecular complexity index is 571. The number of nitrogens with zero attached hydrogens (tertiary/aromatic N) is 2. The van der Waals surface area contributed by atoms with Gasteiger partial charge in [-0.3, -0.25) is 4.79 Å². The summed E-state index contributed by atoms with van der Waals surface area (Å²) in [5.41, 5.74) is 6.36. The Morgan fingerprint density at radius 1 is 1.12 bits per heavy atom. The molecule has 2 unspecified atom stereocenters. The highest BCUT2D eigenvalue weighted by molar-refractivity contribution is 5.79. The first-order valence-electron chi connectivity index (χ1n) is 9.92. The van der Waals surface area contributed by atoms with Crippen LogP contribution in [0.3, 0.4) is 0 Å². The lowest BCUT2D eigenvalue weighted by molar-refractivity contribution is -0.128. The second-order valence-corrected chi connectivity index (χ2v) is 8.15. The molecule has 1 saturated heterocycles. The fourth-order valence-corrected chi connectivity index (χ4v) is 5.12. The first kappa shape index (κ1) is 16.8. The lowest BCUT2D eigenvalue weighted by atomic mass is 9.65. The van der Waals surface area contributed by atoms with Gasteiger partial charge < -0.3 is 16.0 Å². The number of nitrogens with two attached hydrogens (primary N) is 1. The average Bonchev–Trinajstić information content (AvgIpc) is 2.63. The molecule has 25 heavy (non-hydrogen) atoms. The maximum Gasteiger partial charge on any atom is 0.223 e. The van der Waals surface area contributed by atoms with Gasteiger partial charge in [0.2, 0.25) is 5.91 Å². The third-order valence-electron chi connectivity index (χ3n) is 6.60. The van der Waals surface area contributed by atoms with E-state index in [1.54, 1.807) is 0 Å². The van der Waals surface area contributed by atoms with Gasteiger partial charge in [0, 0.05) is 37.3 Å². The molecule has 1 amide bonds. The van der Waals surface area contributed by atoms with Gasteiger partial charge in [-0.2, -0.15) is 0 Å². The van der Waals surface area contributed by atoms with Gasteiger partial charge in [0.1, 0.15) is 5.82 Å². The van der Waals surface area contributed by atoms with Crippen LogP contribution < -0.4 is 16.0 Å². The average molecular weight is 342 g/mol. The Morgan fingerprint density at radius 2 is 1.84 bits per heavy atom. The highest BCUT2D eigenvalue weighted by atomic mass is 16.1. The van der Waals surface area contributed by atoms with E-state index in [0.717, 1.165) is 44.6 Å². The van der Waals surface area contributed by atoms with Gasteiger partial charge in [-0.25, -0.2) is 4.98 Å². The predicted molar refractivity (Wildman–Crippen MR) is 99.1 cm³/mol. The summed E-state index contributed by atoms with van der Waals surface area (Å²) < 4.78 is 0. The number of carbonyl (C=O) groups is 1. The largest absolute Gasteiger partial charge is 0.356 e. The van der Waals surface area contributed by atoms with E-state index in [0.29, 0.717) is 23.9 Å². The molecule has 2 saturated carbocycles. The fraction of sp³-hybridized carbons (Fsp3) is 0.700. The molecule has 1 aliphatic heterocycles. The molecule has 2 heterocycles. The van der Waals surface area contributed by atoms with Gasteiger partial charge in [0.15, 0.2) is 0 Å². The third-order valence-corrected chi connectivity index (χ3v) is 6.60. The second-order valence-electron chi connectivity index (χ2n) is 8.15. The van der Waals surface area contributed by atoms with E-state index in [9.17, 15) is 4.79 Å². The fourth-order valence-electron chi connectivity index (χ4n) is 5.12. The van der Waals surface area contributed by atoms with Crippen LogP contribution in [-0.2, 0) is 4.79 Å². The van der Waals surface area contributed by atoms with Gasteiger partial charge in [-0.1, -0.05) is 12.5 Å². The van der Waals surface area contributed by atoms with E-state index in [1.165, 1.54) is 19.3 Å². The Balaban J connectivity index is 1.28. The van der Waals surface area contributed by atoms with Crippen molar-refractivity contribution in [3.05, 3.63) is 24.4 Å². The monoisotopic (exact) mass is 342 g/mol. The third kappa shape index (κ3) is 3.66. The second kappa shape index (κ2) is 7.32. The number of rotatable bonds is 3. The quantitative estimate of drug-likeness (QED) is 0.884. The normalized spacial score (nSPS) is 33.1. The van der Waals surface area contributed by atoms with E-state index in [2.05, 4.69) is 21.3 Å². The van der Waals surface area contributed by atoms with Gasteiger partial charge in [-0.15, -0.1) is 0 Å². The van der Waals surface area contributed by atoms with Crippen molar-refractivity contribution in [1.29, 1.82) is 0 Å². The van der Waals surface area contributed by atoms with E-state index in [4.69, 9.17) is 5.73 Å². The van der Waals surface area contributed by atoms with Crippen LogP contribution >= 0.6 is 0 Å². The summed E-state index contributed by atoms with van der Waals surface area (Å²) in [6.07, 6.45) is 9.56. The molecule has 3 fully saturated rings.